The number of hydrogen-bond donors (Lipinski definition) is 0. The molecule has 0 N–H and O–H groups in total. The van der Waals surface area contributed by atoms with Crippen LogP contribution < -0.4 is 4.90 Å². The van der Waals surface area contributed by atoms with Crippen LogP contribution in [0, 0.1) is 0 Å². The van der Waals surface area contributed by atoms with E-state index in [2.05, 4.69) is 301 Å². The lowest BCUT2D eigenvalue weighted by molar-refractivity contribution is 0.660. The first-order valence-electron chi connectivity index (χ1n) is 26.4. The Hall–Kier alpha value is -9.70. The number of fused-ring (bicyclic) bond motifs is 10. The van der Waals surface area contributed by atoms with Crippen molar-refractivity contribution in [2.24, 2.45) is 0 Å². The molecule has 0 radical (unpaired) electrons. The van der Waals surface area contributed by atoms with Crippen molar-refractivity contribution in [2.75, 3.05) is 4.90 Å². The van der Waals surface area contributed by atoms with E-state index in [0.29, 0.717) is 0 Å². The Morgan fingerprint density at radius 3 is 1.43 bits per heavy atom. The second-order valence-electron chi connectivity index (χ2n) is 20.9. The van der Waals surface area contributed by atoms with Gasteiger partial charge in [-0.05, 0) is 152 Å². The molecule has 1 aliphatic rings. The molecule has 0 bridgehead atoms. The monoisotopic (exact) mass is 969 g/mol. The van der Waals surface area contributed by atoms with Gasteiger partial charge in [0.15, 0.2) is 0 Å². The van der Waals surface area contributed by atoms with Crippen molar-refractivity contribution in [3.8, 4) is 55.9 Å². The van der Waals surface area contributed by atoms with Gasteiger partial charge in [-0.2, -0.15) is 0 Å². The van der Waals surface area contributed by atoms with E-state index in [1.807, 2.05) is 0 Å². The minimum Gasteiger partial charge on any atom is -0.310 e. The van der Waals surface area contributed by atoms with Gasteiger partial charge in [0.05, 0.1) is 27.8 Å². The van der Waals surface area contributed by atoms with Crippen molar-refractivity contribution in [2.45, 2.75) is 19.3 Å². The van der Waals surface area contributed by atoms with Gasteiger partial charge in [-0.15, -0.1) is 0 Å². The predicted octanol–water partition coefficient (Wildman–Crippen LogP) is 19.8. The van der Waals surface area contributed by atoms with Gasteiger partial charge < -0.3 is 14.0 Å². The number of anilines is 3. The molecule has 358 valence electrons. The molecular weight excluding hydrogens is 919 g/mol. The summed E-state index contributed by atoms with van der Waals surface area (Å²) < 4.78 is 4.80. The van der Waals surface area contributed by atoms with Crippen LogP contribution in [0.4, 0.5) is 17.1 Å². The third-order valence-corrected chi connectivity index (χ3v) is 16.3. The van der Waals surface area contributed by atoms with Crippen LogP contribution in [-0.4, -0.2) is 9.13 Å². The van der Waals surface area contributed by atoms with E-state index in [0.717, 1.165) is 22.7 Å². The maximum Gasteiger partial charge on any atom is 0.0547 e. The molecular formula is C73H51N3. The molecule has 1 aliphatic carbocycles. The summed E-state index contributed by atoms with van der Waals surface area (Å²) in [4.78, 5) is 2.48. The Bertz CT molecular complexity index is 4580. The Kier molecular flexibility index (Phi) is 9.92. The highest BCUT2D eigenvalue weighted by molar-refractivity contribution is 6.13. The Balaban J connectivity index is 0.852. The Morgan fingerprint density at radius 1 is 0.276 bits per heavy atom. The van der Waals surface area contributed by atoms with Crippen LogP contribution in [0.3, 0.4) is 0 Å². The molecule has 3 nitrogen and oxygen atoms in total. The van der Waals surface area contributed by atoms with Crippen molar-refractivity contribution < 1.29 is 0 Å². The van der Waals surface area contributed by atoms with Crippen LogP contribution in [0.1, 0.15) is 25.0 Å². The second kappa shape index (κ2) is 17.2. The lowest BCUT2D eigenvalue weighted by atomic mass is 9.81. The molecule has 0 unspecified atom stereocenters. The molecule has 15 rings (SSSR count). The first-order chi connectivity index (χ1) is 37.5. The zero-order valence-corrected chi connectivity index (χ0v) is 42.3. The van der Waals surface area contributed by atoms with E-state index in [1.165, 1.54) is 116 Å². The second-order valence-corrected chi connectivity index (χ2v) is 20.9. The summed E-state index contributed by atoms with van der Waals surface area (Å²) in [6.45, 7) is 4.80. The highest BCUT2D eigenvalue weighted by atomic mass is 15.1. The number of benzene rings is 12. The van der Waals surface area contributed by atoms with Crippen LogP contribution in [0.5, 0.6) is 0 Å². The number of hydrogen-bond acceptors (Lipinski definition) is 1. The van der Waals surface area contributed by atoms with Crippen molar-refractivity contribution >= 4 is 71.4 Å². The normalized spacial score (nSPS) is 12.7. The van der Waals surface area contributed by atoms with E-state index in [1.54, 1.807) is 0 Å². The van der Waals surface area contributed by atoms with Gasteiger partial charge in [0.2, 0.25) is 0 Å². The van der Waals surface area contributed by atoms with Crippen LogP contribution in [0.15, 0.2) is 273 Å². The van der Waals surface area contributed by atoms with Crippen LogP contribution in [0.2, 0.25) is 0 Å². The zero-order valence-electron chi connectivity index (χ0n) is 42.3. The van der Waals surface area contributed by atoms with Gasteiger partial charge in [0, 0.05) is 55.1 Å². The highest BCUT2D eigenvalue weighted by Gasteiger charge is 2.36. The predicted molar refractivity (Wildman–Crippen MR) is 321 cm³/mol. The fourth-order valence-electron chi connectivity index (χ4n) is 12.6. The summed E-state index contributed by atoms with van der Waals surface area (Å²) in [5, 5.41) is 7.41. The first kappa shape index (κ1) is 43.8. The van der Waals surface area contributed by atoms with E-state index < -0.39 is 0 Å². The van der Waals surface area contributed by atoms with E-state index in [4.69, 9.17) is 0 Å². The van der Waals surface area contributed by atoms with Gasteiger partial charge in [-0.1, -0.05) is 196 Å². The molecule has 2 heterocycles. The Morgan fingerprint density at radius 2 is 0.737 bits per heavy atom. The highest BCUT2D eigenvalue weighted by Crippen LogP contribution is 2.53. The summed E-state index contributed by atoms with van der Waals surface area (Å²) in [5.41, 5.74) is 22.7. The molecule has 0 atom stereocenters. The lowest BCUT2D eigenvalue weighted by Crippen LogP contribution is -2.17. The van der Waals surface area contributed by atoms with E-state index in [9.17, 15) is 0 Å². The lowest BCUT2D eigenvalue weighted by Gasteiger charge is -2.29. The van der Waals surface area contributed by atoms with Gasteiger partial charge in [0.1, 0.15) is 0 Å². The number of nitrogens with zero attached hydrogens (tertiary/aromatic N) is 3. The maximum atomic E-state index is 2.48. The first-order valence-corrected chi connectivity index (χ1v) is 26.4. The van der Waals surface area contributed by atoms with Crippen molar-refractivity contribution in [1.82, 2.24) is 9.13 Å². The van der Waals surface area contributed by atoms with E-state index >= 15 is 0 Å². The van der Waals surface area contributed by atoms with Gasteiger partial charge >= 0.3 is 0 Å². The van der Waals surface area contributed by atoms with Gasteiger partial charge in [-0.25, -0.2) is 0 Å². The smallest absolute Gasteiger partial charge is 0.0547 e. The molecule has 0 aliphatic heterocycles. The van der Waals surface area contributed by atoms with Crippen molar-refractivity contribution in [3.63, 3.8) is 0 Å². The van der Waals surface area contributed by atoms with Crippen molar-refractivity contribution in [1.29, 1.82) is 0 Å². The zero-order chi connectivity index (χ0) is 50.5. The maximum absolute atomic E-state index is 2.48. The van der Waals surface area contributed by atoms with Crippen LogP contribution in [-0.2, 0) is 5.41 Å². The third-order valence-electron chi connectivity index (χ3n) is 16.3. The summed E-state index contributed by atoms with van der Waals surface area (Å²) >= 11 is 0. The number of rotatable bonds is 8. The molecule has 3 heteroatoms. The molecule has 0 saturated carbocycles. The largest absolute Gasteiger partial charge is 0.310 e. The minimum absolute atomic E-state index is 0.267. The van der Waals surface area contributed by atoms with Crippen molar-refractivity contribution in [3.05, 3.63) is 284 Å². The molecule has 0 saturated heterocycles. The molecule has 76 heavy (non-hydrogen) atoms. The fourth-order valence-corrected chi connectivity index (χ4v) is 12.6. The summed E-state index contributed by atoms with van der Waals surface area (Å²) in [6, 6.07) is 101. The topological polar surface area (TPSA) is 13.1 Å². The third kappa shape index (κ3) is 6.82. The summed E-state index contributed by atoms with van der Waals surface area (Å²) in [6.07, 6.45) is 0. The Labute approximate surface area is 442 Å². The van der Waals surface area contributed by atoms with Gasteiger partial charge in [0.25, 0.3) is 0 Å². The average Bonchev–Trinajstić information content (AvgIpc) is 4.15. The van der Waals surface area contributed by atoms with E-state index in [-0.39, 0.29) is 5.41 Å². The molecule has 12 aromatic carbocycles. The minimum atomic E-state index is -0.267. The quantitative estimate of drug-likeness (QED) is 0.148. The molecule has 2 aromatic heterocycles. The molecule has 0 amide bonds. The molecule has 14 aromatic rings. The number of aromatic nitrogens is 2. The summed E-state index contributed by atoms with van der Waals surface area (Å²) in [7, 11) is 0. The average molecular weight is 970 g/mol. The standard InChI is InChI=1S/C73H51N3/c1-73(2)66-45-50(51-33-39-64-62-26-14-16-28-68(62)76(72(64)46-51)54-22-10-5-11-23-54)32-38-59(66)60-40-37-56(47-67(60)73)74(55-35-30-49(31-36-55)48-18-6-3-7-19-48)70-43-41-57(58-24-12-13-25-61(58)70)52-34-42-71-65(44-52)63-27-15-17-29-69(63)75(71)53-20-8-4-9-21-53/h3-47H,1-2H3. The fraction of sp³-hybridized carbons (Fsp3) is 0.0411. The summed E-state index contributed by atoms with van der Waals surface area (Å²) in [5.74, 6) is 0. The van der Waals surface area contributed by atoms with Gasteiger partial charge in [-0.3, -0.25) is 0 Å². The van der Waals surface area contributed by atoms with Crippen LogP contribution >= 0.6 is 0 Å². The molecule has 0 spiro atoms. The molecule has 0 fully saturated rings. The SMILES string of the molecule is CC1(C)c2cc(-c3ccc4c5ccccc5n(-c5ccccc5)c4c3)ccc2-c2ccc(N(c3ccc(-c4ccccc4)cc3)c3ccc(-c4ccc5c(c4)c4ccccc4n5-c4ccccc4)c4ccccc34)cc21. The number of para-hydroxylation sites is 4. The van der Waals surface area contributed by atoms with Crippen LogP contribution in [0.25, 0.3) is 110 Å².